The van der Waals surface area contributed by atoms with Gasteiger partial charge in [0.2, 0.25) is 11.8 Å². The average molecular weight is 492 g/mol. The minimum atomic E-state index is -0.649. The van der Waals surface area contributed by atoms with Crippen LogP contribution in [0.1, 0.15) is 47.2 Å². The van der Waals surface area contributed by atoms with Crippen molar-refractivity contribution in [1.82, 2.24) is 20.9 Å². The zero-order valence-electron chi connectivity index (χ0n) is 19.8. The molecule has 3 heterocycles. The van der Waals surface area contributed by atoms with Crippen LogP contribution >= 0.6 is 0 Å². The van der Waals surface area contributed by atoms with Crippen molar-refractivity contribution < 1.29 is 23.9 Å². The molecule has 5 rings (SSSR count). The molecule has 0 aliphatic carbocycles. The van der Waals surface area contributed by atoms with Crippen molar-refractivity contribution in [3.8, 4) is 5.75 Å². The summed E-state index contributed by atoms with van der Waals surface area (Å²) in [5.74, 6) is -0.266. The van der Waals surface area contributed by atoms with Crippen LogP contribution in [0.5, 0.6) is 5.75 Å². The molecular weight excluding hydrogens is 462 g/mol. The number of imide groups is 1. The molecule has 4 N–H and O–H groups in total. The molecule has 0 aromatic heterocycles. The molecule has 2 aromatic rings. The van der Waals surface area contributed by atoms with Crippen molar-refractivity contribution in [2.45, 2.75) is 50.9 Å². The van der Waals surface area contributed by atoms with Crippen LogP contribution in [0.3, 0.4) is 0 Å². The van der Waals surface area contributed by atoms with Crippen molar-refractivity contribution in [1.29, 1.82) is 0 Å². The lowest BCUT2D eigenvalue weighted by Crippen LogP contribution is -2.52. The number of fused-ring (bicyclic) bond motifs is 1. The van der Waals surface area contributed by atoms with E-state index in [1.54, 1.807) is 18.2 Å². The van der Waals surface area contributed by atoms with E-state index in [1.165, 1.54) is 4.90 Å². The molecule has 10 heteroatoms. The Hall–Kier alpha value is -3.92. The van der Waals surface area contributed by atoms with Crippen LogP contribution in [-0.2, 0) is 22.7 Å². The largest absolute Gasteiger partial charge is 0.490 e. The Labute approximate surface area is 208 Å². The first-order valence-electron chi connectivity index (χ1n) is 12.2. The highest BCUT2D eigenvalue weighted by molar-refractivity contribution is 6.05. The molecule has 2 fully saturated rings. The molecule has 0 radical (unpaired) electrons. The third-order valence-corrected chi connectivity index (χ3v) is 6.73. The fourth-order valence-electron chi connectivity index (χ4n) is 4.82. The number of carbonyl (C=O) groups is 4. The van der Waals surface area contributed by atoms with Crippen molar-refractivity contribution in [3.05, 3.63) is 59.2 Å². The summed E-state index contributed by atoms with van der Waals surface area (Å²) in [5, 5.41) is 11.2. The standard InChI is InChI=1S/C26H29N5O5/c32-23-7-6-22(24(33)30-23)31-15-17-5-4-16(12-21(17)25(31)34)14-28-26(35)29-18-2-1-3-20(13-18)36-19-8-10-27-11-9-19/h1-5,12-13,19,22,27H,6-11,14-15H2,(H2,28,29,35)(H,30,32,33). The van der Waals surface area contributed by atoms with Gasteiger partial charge in [-0.1, -0.05) is 18.2 Å². The average Bonchev–Trinajstić information content (AvgIpc) is 3.19. The van der Waals surface area contributed by atoms with Crippen LogP contribution in [0.2, 0.25) is 0 Å². The summed E-state index contributed by atoms with van der Waals surface area (Å²) >= 11 is 0. The van der Waals surface area contributed by atoms with Gasteiger partial charge in [-0.05, 0) is 61.7 Å². The third kappa shape index (κ3) is 5.33. The Morgan fingerprint density at radius 3 is 2.69 bits per heavy atom. The molecule has 188 valence electrons. The zero-order valence-corrected chi connectivity index (χ0v) is 19.8. The predicted octanol–water partition coefficient (Wildman–Crippen LogP) is 1.90. The van der Waals surface area contributed by atoms with E-state index in [1.807, 2.05) is 24.3 Å². The number of carbonyl (C=O) groups excluding carboxylic acids is 4. The van der Waals surface area contributed by atoms with Crippen molar-refractivity contribution in [2.24, 2.45) is 0 Å². The van der Waals surface area contributed by atoms with Gasteiger partial charge in [0.15, 0.2) is 0 Å². The lowest BCUT2D eigenvalue weighted by Gasteiger charge is -2.29. The number of nitrogens with one attached hydrogen (secondary N) is 4. The second-order valence-corrected chi connectivity index (χ2v) is 9.29. The minimum absolute atomic E-state index is 0.170. The summed E-state index contributed by atoms with van der Waals surface area (Å²) < 4.78 is 6.03. The number of benzene rings is 2. The van der Waals surface area contributed by atoms with Gasteiger partial charge in [-0.25, -0.2) is 4.79 Å². The Morgan fingerprint density at radius 2 is 1.89 bits per heavy atom. The van der Waals surface area contributed by atoms with Crippen molar-refractivity contribution >= 4 is 29.4 Å². The van der Waals surface area contributed by atoms with E-state index >= 15 is 0 Å². The van der Waals surface area contributed by atoms with Gasteiger partial charge in [0, 0.05) is 36.8 Å². The highest BCUT2D eigenvalue weighted by Gasteiger charge is 2.39. The summed E-state index contributed by atoms with van der Waals surface area (Å²) in [4.78, 5) is 50.6. The summed E-state index contributed by atoms with van der Waals surface area (Å²) in [6.07, 6.45) is 2.61. The predicted molar refractivity (Wildman–Crippen MR) is 131 cm³/mol. The number of hydrogen-bond acceptors (Lipinski definition) is 6. The van der Waals surface area contributed by atoms with E-state index in [9.17, 15) is 19.2 Å². The van der Waals surface area contributed by atoms with E-state index in [-0.39, 0.29) is 36.9 Å². The first-order chi connectivity index (χ1) is 17.5. The van der Waals surface area contributed by atoms with E-state index in [0.29, 0.717) is 24.2 Å². The fraction of sp³-hybridized carbons (Fsp3) is 0.385. The second-order valence-electron chi connectivity index (χ2n) is 9.29. The number of piperidine rings is 2. The van der Waals surface area contributed by atoms with E-state index in [2.05, 4.69) is 21.3 Å². The molecule has 3 aliphatic heterocycles. The molecule has 0 bridgehead atoms. The number of hydrogen-bond donors (Lipinski definition) is 4. The Balaban J connectivity index is 1.15. The van der Waals surface area contributed by atoms with Gasteiger partial charge in [-0.2, -0.15) is 0 Å². The molecule has 2 saturated heterocycles. The second kappa shape index (κ2) is 10.4. The normalized spacial score (nSPS) is 20.1. The minimum Gasteiger partial charge on any atom is -0.490 e. The van der Waals surface area contributed by atoms with Gasteiger partial charge in [0.1, 0.15) is 17.9 Å². The van der Waals surface area contributed by atoms with Gasteiger partial charge in [0.25, 0.3) is 5.91 Å². The smallest absolute Gasteiger partial charge is 0.319 e. The van der Waals surface area contributed by atoms with Crippen LogP contribution in [0.15, 0.2) is 42.5 Å². The van der Waals surface area contributed by atoms with Crippen LogP contribution in [-0.4, -0.2) is 53.9 Å². The molecular formula is C26H29N5O5. The number of anilines is 1. The Bertz CT molecular complexity index is 1190. The molecule has 3 aliphatic rings. The molecule has 2 aromatic carbocycles. The van der Waals surface area contributed by atoms with Crippen LogP contribution in [0, 0.1) is 0 Å². The first kappa shape index (κ1) is 23.8. The highest BCUT2D eigenvalue weighted by Crippen LogP contribution is 2.28. The number of ether oxygens (including phenoxy) is 1. The Kier molecular flexibility index (Phi) is 6.86. The third-order valence-electron chi connectivity index (χ3n) is 6.73. The van der Waals surface area contributed by atoms with E-state index in [0.717, 1.165) is 42.8 Å². The number of urea groups is 1. The van der Waals surface area contributed by atoms with Crippen LogP contribution < -0.4 is 26.0 Å². The first-order valence-corrected chi connectivity index (χ1v) is 12.2. The van der Waals surface area contributed by atoms with Gasteiger partial charge in [-0.15, -0.1) is 0 Å². The van der Waals surface area contributed by atoms with Crippen LogP contribution in [0.25, 0.3) is 0 Å². The highest BCUT2D eigenvalue weighted by atomic mass is 16.5. The lowest BCUT2D eigenvalue weighted by atomic mass is 10.0. The van der Waals surface area contributed by atoms with Gasteiger partial charge in [-0.3, -0.25) is 19.7 Å². The summed E-state index contributed by atoms with van der Waals surface area (Å²) in [7, 11) is 0. The topological polar surface area (TPSA) is 129 Å². The van der Waals surface area contributed by atoms with E-state index < -0.39 is 11.9 Å². The SMILES string of the molecule is O=C1CCC(N2Cc3ccc(CNC(=O)Nc4cccc(OC5CCNCC5)c4)cc3C2=O)C(=O)N1. The summed E-state index contributed by atoms with van der Waals surface area (Å²) in [6.45, 7) is 2.43. The Morgan fingerprint density at radius 1 is 1.06 bits per heavy atom. The zero-order chi connectivity index (χ0) is 25.1. The summed E-state index contributed by atoms with van der Waals surface area (Å²) in [6, 6.07) is 11.7. The molecule has 0 spiro atoms. The van der Waals surface area contributed by atoms with Gasteiger partial charge < -0.3 is 25.6 Å². The lowest BCUT2D eigenvalue weighted by molar-refractivity contribution is -0.136. The maximum atomic E-state index is 13.0. The molecule has 10 nitrogen and oxygen atoms in total. The molecule has 36 heavy (non-hydrogen) atoms. The molecule has 1 unspecified atom stereocenters. The number of nitrogens with zero attached hydrogens (tertiary/aromatic N) is 1. The van der Waals surface area contributed by atoms with Gasteiger partial charge >= 0.3 is 6.03 Å². The summed E-state index contributed by atoms with van der Waals surface area (Å²) in [5.41, 5.74) is 2.74. The van der Waals surface area contributed by atoms with Crippen molar-refractivity contribution in [2.75, 3.05) is 18.4 Å². The van der Waals surface area contributed by atoms with Crippen molar-refractivity contribution in [3.63, 3.8) is 0 Å². The van der Waals surface area contributed by atoms with E-state index in [4.69, 9.17) is 4.74 Å². The maximum absolute atomic E-state index is 13.0. The molecule has 1 atom stereocenters. The van der Waals surface area contributed by atoms with Crippen LogP contribution in [0.4, 0.5) is 10.5 Å². The molecule has 0 saturated carbocycles. The quantitative estimate of drug-likeness (QED) is 0.457. The fourth-order valence-corrected chi connectivity index (χ4v) is 4.82. The number of amides is 5. The maximum Gasteiger partial charge on any atom is 0.319 e. The molecule has 5 amide bonds. The monoisotopic (exact) mass is 491 g/mol. The van der Waals surface area contributed by atoms with Gasteiger partial charge in [0.05, 0.1) is 0 Å². The number of rotatable bonds is 6.